The lowest BCUT2D eigenvalue weighted by atomic mass is 9.92. The minimum Gasteiger partial charge on any atom is -0.468 e. The maximum atomic E-state index is 14.0. The van der Waals surface area contributed by atoms with Crippen LogP contribution >= 0.6 is 0 Å². The van der Waals surface area contributed by atoms with E-state index in [1.807, 2.05) is 0 Å². The summed E-state index contributed by atoms with van der Waals surface area (Å²) in [6, 6.07) is 16.0. The van der Waals surface area contributed by atoms with Crippen molar-refractivity contribution in [1.82, 2.24) is 0 Å². The number of ether oxygens (including phenoxy) is 2. The van der Waals surface area contributed by atoms with Crippen molar-refractivity contribution in [1.29, 1.82) is 5.26 Å². The van der Waals surface area contributed by atoms with E-state index >= 15 is 0 Å². The van der Waals surface area contributed by atoms with Crippen molar-refractivity contribution in [2.24, 2.45) is 5.73 Å². The SMILES string of the molecule is COCOc1ccc(Cc2ccccc2S(=O)(=O)C(c2ccc(C#N)c(C(F)(F)F)c2)C(C)(O)C(N)=O)cc1. The Labute approximate surface area is 223 Å². The summed E-state index contributed by atoms with van der Waals surface area (Å²) in [5, 5.41) is 17.9. The molecule has 3 aromatic carbocycles. The summed E-state index contributed by atoms with van der Waals surface area (Å²) in [6.07, 6.45) is -4.92. The first kappa shape index (κ1) is 29.6. The maximum Gasteiger partial charge on any atom is 0.417 e. The monoisotopic (exact) mass is 562 g/mol. The van der Waals surface area contributed by atoms with E-state index in [1.54, 1.807) is 30.3 Å². The highest BCUT2D eigenvalue weighted by atomic mass is 32.2. The molecular weight excluding hydrogens is 537 g/mol. The summed E-state index contributed by atoms with van der Waals surface area (Å²) < 4.78 is 79.3. The average molecular weight is 563 g/mol. The molecule has 2 unspecified atom stereocenters. The van der Waals surface area contributed by atoms with Gasteiger partial charge in [-0.1, -0.05) is 36.4 Å². The smallest absolute Gasteiger partial charge is 0.417 e. The molecule has 12 heteroatoms. The second kappa shape index (κ2) is 11.4. The summed E-state index contributed by atoms with van der Waals surface area (Å²) in [6.45, 7) is 0.859. The number of carbonyl (C=O) groups is 1. The highest BCUT2D eigenvalue weighted by molar-refractivity contribution is 7.91. The molecule has 0 fully saturated rings. The van der Waals surface area contributed by atoms with Gasteiger partial charge >= 0.3 is 6.18 Å². The van der Waals surface area contributed by atoms with Crippen molar-refractivity contribution in [2.45, 2.75) is 35.3 Å². The molecule has 8 nitrogen and oxygen atoms in total. The number of benzene rings is 3. The van der Waals surface area contributed by atoms with E-state index in [0.717, 1.165) is 19.1 Å². The number of aliphatic hydroxyl groups is 1. The van der Waals surface area contributed by atoms with Crippen molar-refractivity contribution in [2.75, 3.05) is 13.9 Å². The number of nitrogens with zero attached hydrogens (tertiary/aromatic N) is 1. The van der Waals surface area contributed by atoms with E-state index in [2.05, 4.69) is 0 Å². The van der Waals surface area contributed by atoms with Gasteiger partial charge in [-0.15, -0.1) is 0 Å². The Bertz CT molecular complexity index is 1500. The van der Waals surface area contributed by atoms with Gasteiger partial charge in [-0.2, -0.15) is 18.4 Å². The van der Waals surface area contributed by atoms with Crippen LogP contribution in [-0.2, 0) is 32.0 Å². The van der Waals surface area contributed by atoms with E-state index in [9.17, 15) is 31.5 Å². The second-order valence-corrected chi connectivity index (χ2v) is 10.8. The molecule has 206 valence electrons. The van der Waals surface area contributed by atoms with Gasteiger partial charge in [-0.3, -0.25) is 4.79 Å². The summed E-state index contributed by atoms with van der Waals surface area (Å²) >= 11 is 0. The molecule has 0 saturated heterocycles. The summed E-state index contributed by atoms with van der Waals surface area (Å²) in [4.78, 5) is 11.9. The molecule has 0 saturated carbocycles. The fraction of sp³-hybridized carbons (Fsp3) is 0.259. The third kappa shape index (κ3) is 6.39. The molecule has 3 rings (SSSR count). The first-order valence-corrected chi connectivity index (χ1v) is 12.9. The Morgan fingerprint density at radius 1 is 1.10 bits per heavy atom. The lowest BCUT2D eigenvalue weighted by Crippen LogP contribution is -2.49. The van der Waals surface area contributed by atoms with Crippen LogP contribution in [-0.4, -0.2) is 38.9 Å². The average Bonchev–Trinajstić information content (AvgIpc) is 2.87. The fourth-order valence-corrected chi connectivity index (χ4v) is 6.35. The number of hydrogen-bond donors (Lipinski definition) is 2. The van der Waals surface area contributed by atoms with Gasteiger partial charge in [0.15, 0.2) is 22.2 Å². The topological polar surface area (TPSA) is 140 Å². The van der Waals surface area contributed by atoms with Gasteiger partial charge in [0.25, 0.3) is 5.91 Å². The number of amides is 1. The largest absolute Gasteiger partial charge is 0.468 e. The van der Waals surface area contributed by atoms with Crippen LogP contribution in [0.5, 0.6) is 5.75 Å². The van der Waals surface area contributed by atoms with Gasteiger partial charge < -0.3 is 20.3 Å². The molecule has 0 aliphatic heterocycles. The summed E-state index contributed by atoms with van der Waals surface area (Å²) in [5.41, 5.74) is 0.733. The van der Waals surface area contributed by atoms with E-state index < -0.39 is 49.5 Å². The third-order valence-corrected chi connectivity index (χ3v) is 8.40. The first-order valence-electron chi connectivity index (χ1n) is 11.4. The molecule has 0 spiro atoms. The van der Waals surface area contributed by atoms with Crippen molar-refractivity contribution in [3.05, 3.63) is 94.5 Å². The quantitative estimate of drug-likeness (QED) is 0.357. The molecule has 1 amide bonds. The Balaban J connectivity index is 2.16. The Hall–Kier alpha value is -3.92. The van der Waals surface area contributed by atoms with Crippen LogP contribution in [0.15, 0.2) is 71.6 Å². The molecule has 3 aromatic rings. The predicted molar refractivity (Wildman–Crippen MR) is 134 cm³/mol. The summed E-state index contributed by atoms with van der Waals surface area (Å²) in [5.74, 6) is -0.946. The Morgan fingerprint density at radius 2 is 1.74 bits per heavy atom. The standard InChI is InChI=1S/C27H25F3N2O6S/c1-26(34,25(32)33)24(19-9-10-20(15-31)22(14-19)27(28,29)30)39(35,36)23-6-4-3-5-18(23)13-17-7-11-21(12-8-17)38-16-37-2/h3-12,14,24,34H,13,16H2,1-2H3,(H2,32,33). The van der Waals surface area contributed by atoms with Crippen molar-refractivity contribution in [3.8, 4) is 11.8 Å². The van der Waals surface area contributed by atoms with Gasteiger partial charge in [0.2, 0.25) is 0 Å². The number of halogens is 3. The van der Waals surface area contributed by atoms with Gasteiger partial charge in [0.1, 0.15) is 11.0 Å². The first-order chi connectivity index (χ1) is 18.2. The number of rotatable bonds is 10. The lowest BCUT2D eigenvalue weighted by molar-refractivity contribution is -0.137. The van der Waals surface area contributed by atoms with E-state index in [-0.39, 0.29) is 23.7 Å². The minimum absolute atomic E-state index is 0.0347. The lowest BCUT2D eigenvalue weighted by Gasteiger charge is -2.31. The van der Waals surface area contributed by atoms with Crippen LogP contribution in [0, 0.1) is 11.3 Å². The molecule has 0 radical (unpaired) electrons. The highest BCUT2D eigenvalue weighted by Gasteiger charge is 2.49. The molecule has 39 heavy (non-hydrogen) atoms. The summed E-state index contributed by atoms with van der Waals surface area (Å²) in [7, 11) is -3.28. The Morgan fingerprint density at radius 3 is 2.31 bits per heavy atom. The van der Waals surface area contributed by atoms with Crippen LogP contribution in [0.25, 0.3) is 0 Å². The van der Waals surface area contributed by atoms with Crippen LogP contribution in [0.4, 0.5) is 13.2 Å². The van der Waals surface area contributed by atoms with Gasteiger partial charge in [0.05, 0.1) is 22.1 Å². The zero-order chi connectivity index (χ0) is 29.0. The van der Waals surface area contributed by atoms with E-state index in [0.29, 0.717) is 17.4 Å². The molecule has 0 heterocycles. The minimum atomic E-state index is -5.01. The van der Waals surface area contributed by atoms with Crippen molar-refractivity contribution in [3.63, 3.8) is 0 Å². The van der Waals surface area contributed by atoms with Gasteiger partial charge in [-0.05, 0) is 60.4 Å². The zero-order valence-corrected chi connectivity index (χ0v) is 21.7. The maximum absolute atomic E-state index is 14.0. The van der Waals surface area contributed by atoms with Crippen LogP contribution < -0.4 is 10.5 Å². The van der Waals surface area contributed by atoms with Crippen LogP contribution in [0.1, 0.15) is 40.0 Å². The number of nitriles is 1. The molecule has 0 aromatic heterocycles. The van der Waals surface area contributed by atoms with Crippen LogP contribution in [0.3, 0.4) is 0 Å². The number of nitrogens with two attached hydrogens (primary N) is 1. The van der Waals surface area contributed by atoms with E-state index in [4.69, 9.17) is 20.5 Å². The number of sulfone groups is 1. The molecular formula is C27H25F3N2O6S. The number of alkyl halides is 3. The fourth-order valence-electron chi connectivity index (χ4n) is 4.10. The van der Waals surface area contributed by atoms with Gasteiger partial charge in [0, 0.05) is 7.11 Å². The Kier molecular flexibility index (Phi) is 8.70. The van der Waals surface area contributed by atoms with Crippen molar-refractivity contribution < 1.29 is 41.0 Å². The molecule has 0 bridgehead atoms. The second-order valence-electron chi connectivity index (χ2n) is 8.83. The number of methoxy groups -OCH3 is 1. The molecule has 2 atom stereocenters. The van der Waals surface area contributed by atoms with Gasteiger partial charge in [-0.25, -0.2) is 8.42 Å². The number of hydrogen-bond acceptors (Lipinski definition) is 7. The highest BCUT2D eigenvalue weighted by Crippen LogP contribution is 2.42. The number of primary amides is 1. The van der Waals surface area contributed by atoms with E-state index in [1.165, 1.54) is 31.4 Å². The number of carbonyl (C=O) groups excluding carboxylic acids is 1. The normalized spacial score (nSPS) is 14.2. The molecule has 0 aliphatic carbocycles. The molecule has 3 N–H and O–H groups in total. The van der Waals surface area contributed by atoms with Crippen LogP contribution in [0.2, 0.25) is 0 Å². The third-order valence-electron chi connectivity index (χ3n) is 6.03. The zero-order valence-electron chi connectivity index (χ0n) is 20.9. The molecule has 0 aliphatic rings. The predicted octanol–water partition coefficient (Wildman–Crippen LogP) is 3.90. The van der Waals surface area contributed by atoms with Crippen molar-refractivity contribution >= 4 is 15.7 Å².